The summed E-state index contributed by atoms with van der Waals surface area (Å²) in [5.74, 6) is 6.20. The molecule has 0 aromatic rings. The van der Waals surface area contributed by atoms with Crippen LogP contribution < -0.4 is 5.32 Å². The van der Waals surface area contributed by atoms with Crippen LogP contribution in [0.15, 0.2) is 11.6 Å². The number of hydrogen-bond acceptors (Lipinski definition) is 1. The molecule has 0 aliphatic heterocycles. The molecule has 2 nitrogen and oxygen atoms in total. The Morgan fingerprint density at radius 3 is 2.56 bits per heavy atom. The van der Waals surface area contributed by atoms with Crippen molar-refractivity contribution in [3.8, 4) is 0 Å². The Morgan fingerprint density at radius 2 is 1.84 bits per heavy atom. The van der Waals surface area contributed by atoms with Crippen LogP contribution in [0.3, 0.4) is 0 Å². The highest BCUT2D eigenvalue weighted by molar-refractivity contribution is 5.75. The second kappa shape index (κ2) is 9.46. The predicted octanol–water partition coefficient (Wildman–Crippen LogP) is 7.78. The van der Waals surface area contributed by atoms with E-state index in [9.17, 15) is 4.79 Å². The second-order valence-corrected chi connectivity index (χ2v) is 13.3. The van der Waals surface area contributed by atoms with Gasteiger partial charge in [-0.15, -0.1) is 0 Å². The van der Waals surface area contributed by atoms with Crippen LogP contribution in [-0.2, 0) is 4.79 Å². The molecular weight excluding hydrogens is 390 g/mol. The maximum atomic E-state index is 12.0. The molecule has 2 heteroatoms. The van der Waals surface area contributed by atoms with Crippen molar-refractivity contribution in [1.82, 2.24) is 5.32 Å². The molecule has 3 saturated carbocycles. The van der Waals surface area contributed by atoms with Crippen molar-refractivity contribution in [2.75, 3.05) is 7.05 Å². The van der Waals surface area contributed by atoms with Crippen LogP contribution in [0.4, 0.5) is 0 Å². The van der Waals surface area contributed by atoms with Gasteiger partial charge in [0, 0.05) is 13.5 Å². The summed E-state index contributed by atoms with van der Waals surface area (Å²) >= 11 is 0. The van der Waals surface area contributed by atoms with E-state index in [1.807, 2.05) is 0 Å². The summed E-state index contributed by atoms with van der Waals surface area (Å²) in [5.41, 5.74) is 2.71. The van der Waals surface area contributed by atoms with Crippen LogP contribution in [0.1, 0.15) is 112 Å². The molecule has 0 aromatic carbocycles. The van der Waals surface area contributed by atoms with Crippen molar-refractivity contribution < 1.29 is 4.79 Å². The standard InChI is InChI=1S/C30H51NO/c1-20(2)8-7-9-21(3)25-12-13-26-24-11-10-23-18-22(19-28(32)31-6)14-16-29(23,4)27(24)15-17-30(25,26)5/h10,20-22,24-27H,7-9,11-19H2,1-6H3,(H,31,32)/t21-,22+,24?,25-,26?,27?,29?,30-/m1/s1. The van der Waals surface area contributed by atoms with E-state index in [4.69, 9.17) is 0 Å². The van der Waals surface area contributed by atoms with Crippen LogP contribution in [-0.4, -0.2) is 13.0 Å². The van der Waals surface area contributed by atoms with E-state index in [-0.39, 0.29) is 5.91 Å². The molecule has 4 unspecified atom stereocenters. The molecular formula is C30H51NO. The molecule has 0 spiro atoms. The summed E-state index contributed by atoms with van der Waals surface area (Å²) in [5, 5.41) is 2.84. The number of allylic oxidation sites excluding steroid dienone is 2. The summed E-state index contributed by atoms with van der Waals surface area (Å²) in [6.45, 7) is 12.6. The zero-order chi connectivity index (χ0) is 23.1. The molecule has 32 heavy (non-hydrogen) atoms. The van der Waals surface area contributed by atoms with E-state index >= 15 is 0 Å². The lowest BCUT2D eigenvalue weighted by Gasteiger charge is -2.58. The minimum Gasteiger partial charge on any atom is -0.359 e. The first kappa shape index (κ1) is 24.3. The molecule has 0 heterocycles. The Labute approximate surface area is 198 Å². The first-order valence-corrected chi connectivity index (χ1v) is 14.1. The molecule has 182 valence electrons. The van der Waals surface area contributed by atoms with E-state index in [1.54, 1.807) is 12.6 Å². The van der Waals surface area contributed by atoms with Crippen LogP contribution in [0, 0.1) is 52.3 Å². The highest BCUT2D eigenvalue weighted by atomic mass is 16.1. The lowest BCUT2D eigenvalue weighted by atomic mass is 9.46. The highest BCUT2D eigenvalue weighted by Crippen LogP contribution is 2.67. The minimum absolute atomic E-state index is 0.223. The fourth-order valence-electron chi connectivity index (χ4n) is 9.30. The maximum Gasteiger partial charge on any atom is 0.220 e. The predicted molar refractivity (Wildman–Crippen MR) is 135 cm³/mol. The van der Waals surface area contributed by atoms with Gasteiger partial charge in [-0.3, -0.25) is 4.79 Å². The second-order valence-electron chi connectivity index (χ2n) is 13.3. The Bertz CT molecular complexity index is 710. The number of fused-ring (bicyclic) bond motifs is 5. The Morgan fingerprint density at radius 1 is 1.06 bits per heavy atom. The third-order valence-corrected chi connectivity index (χ3v) is 11.2. The van der Waals surface area contributed by atoms with E-state index in [2.05, 4.69) is 46.0 Å². The largest absolute Gasteiger partial charge is 0.359 e. The van der Waals surface area contributed by atoms with E-state index < -0.39 is 0 Å². The van der Waals surface area contributed by atoms with E-state index in [0.29, 0.717) is 16.7 Å². The van der Waals surface area contributed by atoms with Crippen LogP contribution >= 0.6 is 0 Å². The molecule has 4 aliphatic carbocycles. The lowest BCUT2D eigenvalue weighted by Crippen LogP contribution is -2.50. The molecule has 8 atom stereocenters. The zero-order valence-electron chi connectivity index (χ0n) is 22.0. The van der Waals surface area contributed by atoms with Gasteiger partial charge in [0.1, 0.15) is 0 Å². The monoisotopic (exact) mass is 441 g/mol. The first-order valence-electron chi connectivity index (χ1n) is 14.1. The van der Waals surface area contributed by atoms with Gasteiger partial charge in [0.15, 0.2) is 0 Å². The van der Waals surface area contributed by atoms with Gasteiger partial charge in [0.05, 0.1) is 0 Å². The molecule has 4 aliphatic rings. The summed E-state index contributed by atoms with van der Waals surface area (Å²) in [6.07, 6.45) is 18.5. The lowest BCUT2D eigenvalue weighted by molar-refractivity contribution is -0.122. The number of hydrogen-bond donors (Lipinski definition) is 1. The summed E-state index contributed by atoms with van der Waals surface area (Å²) in [4.78, 5) is 12.0. The zero-order valence-corrected chi connectivity index (χ0v) is 22.0. The molecule has 0 aromatic heterocycles. The van der Waals surface area contributed by atoms with Crippen LogP contribution in [0.2, 0.25) is 0 Å². The average molecular weight is 442 g/mol. The van der Waals surface area contributed by atoms with Crippen molar-refractivity contribution in [3.05, 3.63) is 11.6 Å². The minimum atomic E-state index is 0.223. The maximum absolute atomic E-state index is 12.0. The van der Waals surface area contributed by atoms with Crippen molar-refractivity contribution in [3.63, 3.8) is 0 Å². The normalized spacial score (nSPS) is 42.0. The quantitative estimate of drug-likeness (QED) is 0.401. The smallest absolute Gasteiger partial charge is 0.220 e. The van der Waals surface area contributed by atoms with Gasteiger partial charge in [-0.2, -0.15) is 0 Å². The molecule has 0 saturated heterocycles. The van der Waals surface area contributed by atoms with Crippen molar-refractivity contribution in [1.29, 1.82) is 0 Å². The number of nitrogens with one attached hydrogen (secondary N) is 1. The van der Waals surface area contributed by atoms with E-state index in [1.165, 1.54) is 70.6 Å². The van der Waals surface area contributed by atoms with Crippen molar-refractivity contribution >= 4 is 5.91 Å². The van der Waals surface area contributed by atoms with Crippen molar-refractivity contribution in [2.24, 2.45) is 52.3 Å². The summed E-state index contributed by atoms with van der Waals surface area (Å²) in [6, 6.07) is 0. The number of carbonyl (C=O) groups excluding carboxylic acids is 1. The average Bonchev–Trinajstić information content (AvgIpc) is 3.11. The topological polar surface area (TPSA) is 29.1 Å². The molecule has 1 amide bonds. The Hall–Kier alpha value is -0.790. The van der Waals surface area contributed by atoms with Crippen molar-refractivity contribution in [2.45, 2.75) is 112 Å². The van der Waals surface area contributed by atoms with Gasteiger partial charge in [0.2, 0.25) is 5.91 Å². The summed E-state index contributed by atoms with van der Waals surface area (Å²) < 4.78 is 0. The fraction of sp³-hybridized carbons (Fsp3) is 0.900. The van der Waals surface area contributed by atoms with Gasteiger partial charge < -0.3 is 5.32 Å². The number of carbonyl (C=O) groups is 1. The van der Waals surface area contributed by atoms with Crippen LogP contribution in [0.25, 0.3) is 0 Å². The first-order chi connectivity index (χ1) is 15.2. The molecule has 0 radical (unpaired) electrons. The van der Waals surface area contributed by atoms with E-state index in [0.717, 1.165) is 41.9 Å². The highest BCUT2D eigenvalue weighted by Gasteiger charge is 2.59. The SMILES string of the molecule is CNC(=O)C[C@H]1CCC2(C)C(=CCC3C2CC[C@@]2(C)C3CC[C@@H]2[C@H](C)CCCC(C)C)C1. The third-order valence-electron chi connectivity index (χ3n) is 11.2. The van der Waals surface area contributed by atoms with Crippen LogP contribution in [0.5, 0.6) is 0 Å². The van der Waals surface area contributed by atoms with Gasteiger partial charge in [-0.25, -0.2) is 0 Å². The third kappa shape index (κ3) is 4.34. The fourth-order valence-corrected chi connectivity index (χ4v) is 9.30. The Kier molecular flexibility index (Phi) is 7.19. The van der Waals surface area contributed by atoms with Gasteiger partial charge in [-0.05, 0) is 104 Å². The molecule has 4 rings (SSSR count). The van der Waals surface area contributed by atoms with Gasteiger partial charge in [-0.1, -0.05) is 65.5 Å². The summed E-state index contributed by atoms with van der Waals surface area (Å²) in [7, 11) is 1.78. The molecule has 0 bridgehead atoms. The van der Waals surface area contributed by atoms with Gasteiger partial charge in [0.25, 0.3) is 0 Å². The molecule has 1 N–H and O–H groups in total. The Balaban J connectivity index is 1.45. The number of rotatable bonds is 7. The van der Waals surface area contributed by atoms with Gasteiger partial charge >= 0.3 is 0 Å². The number of amides is 1. The molecule has 3 fully saturated rings.